The van der Waals surface area contributed by atoms with E-state index in [1.807, 2.05) is 12.1 Å². The zero-order valence-corrected chi connectivity index (χ0v) is 16.6. The maximum Gasteiger partial charge on any atom is 0.242 e. The lowest BCUT2D eigenvalue weighted by Crippen LogP contribution is -2.29. The Kier molecular flexibility index (Phi) is 5.55. The highest BCUT2D eigenvalue weighted by atomic mass is 32.2. The molecule has 12 heteroatoms. The average molecular weight is 429 g/mol. The summed E-state index contributed by atoms with van der Waals surface area (Å²) >= 11 is 0.982. The van der Waals surface area contributed by atoms with E-state index in [-0.39, 0.29) is 11.4 Å². The molecule has 10 nitrogen and oxygen atoms in total. The maximum atomic E-state index is 12.5. The molecule has 3 N–H and O–H groups in total. The fourth-order valence-corrected chi connectivity index (χ4v) is 4.33. The summed E-state index contributed by atoms with van der Waals surface area (Å²) in [6.07, 6.45) is 3.37. The average Bonchev–Trinajstić information content (AvgIpc) is 3.22. The summed E-state index contributed by atoms with van der Waals surface area (Å²) in [5.41, 5.74) is 1.74. The lowest BCUT2D eigenvalue weighted by Gasteiger charge is -2.09. The van der Waals surface area contributed by atoms with E-state index in [2.05, 4.69) is 39.3 Å². The molecule has 0 saturated heterocycles. The second-order valence-electron chi connectivity index (χ2n) is 5.88. The van der Waals surface area contributed by atoms with Crippen molar-refractivity contribution in [2.75, 3.05) is 23.7 Å². The topological polar surface area (TPSA) is 135 Å². The lowest BCUT2D eigenvalue weighted by atomic mass is 10.3. The maximum absolute atomic E-state index is 12.5. The van der Waals surface area contributed by atoms with Crippen LogP contribution in [0, 0.1) is 0 Å². The van der Waals surface area contributed by atoms with E-state index in [1.165, 1.54) is 6.07 Å². The molecular weight excluding hydrogens is 412 g/mol. The van der Waals surface area contributed by atoms with Crippen molar-refractivity contribution in [1.29, 1.82) is 0 Å². The Bertz CT molecular complexity index is 1200. The van der Waals surface area contributed by atoms with Crippen LogP contribution in [0.5, 0.6) is 0 Å². The quantitative estimate of drug-likeness (QED) is 0.360. The van der Waals surface area contributed by atoms with Crippen LogP contribution >= 0.6 is 11.7 Å². The summed E-state index contributed by atoms with van der Waals surface area (Å²) in [4.78, 5) is 4.14. The summed E-state index contributed by atoms with van der Waals surface area (Å²) in [5.74, 6) is 1.11. The van der Waals surface area contributed by atoms with Crippen LogP contribution in [0.3, 0.4) is 0 Å². The Hall–Kier alpha value is -3.22. The van der Waals surface area contributed by atoms with E-state index in [0.29, 0.717) is 29.2 Å². The van der Waals surface area contributed by atoms with Gasteiger partial charge in [0.05, 0.1) is 23.6 Å². The van der Waals surface area contributed by atoms with Crippen LogP contribution in [0.2, 0.25) is 0 Å². The molecule has 3 aromatic heterocycles. The minimum Gasteiger partial charge on any atom is -0.367 e. The van der Waals surface area contributed by atoms with Gasteiger partial charge >= 0.3 is 0 Å². The summed E-state index contributed by atoms with van der Waals surface area (Å²) in [7, 11) is -3.69. The van der Waals surface area contributed by atoms with Crippen LogP contribution < -0.4 is 15.4 Å². The number of pyridine rings is 1. The van der Waals surface area contributed by atoms with Crippen molar-refractivity contribution in [3.63, 3.8) is 0 Å². The molecule has 3 heterocycles. The Morgan fingerprint density at radius 1 is 0.931 bits per heavy atom. The van der Waals surface area contributed by atoms with Gasteiger partial charge < -0.3 is 10.6 Å². The first-order valence-corrected chi connectivity index (χ1v) is 10.8. The largest absolute Gasteiger partial charge is 0.367 e. The van der Waals surface area contributed by atoms with E-state index in [4.69, 9.17) is 0 Å². The number of hydrogen-bond acceptors (Lipinski definition) is 10. The third kappa shape index (κ3) is 4.62. The van der Waals surface area contributed by atoms with Gasteiger partial charge in [0, 0.05) is 19.3 Å². The molecule has 4 rings (SSSR count). The molecule has 0 bridgehead atoms. The van der Waals surface area contributed by atoms with Gasteiger partial charge in [-0.1, -0.05) is 6.07 Å². The summed E-state index contributed by atoms with van der Waals surface area (Å²) in [5, 5.41) is 14.2. The minimum atomic E-state index is -3.69. The van der Waals surface area contributed by atoms with Crippen molar-refractivity contribution in [3.05, 3.63) is 54.9 Å². The van der Waals surface area contributed by atoms with Gasteiger partial charge in [-0.05, 0) is 36.4 Å². The molecular formula is C17H16N8O2S2. The van der Waals surface area contributed by atoms with Crippen LogP contribution in [0.1, 0.15) is 0 Å². The van der Waals surface area contributed by atoms with Gasteiger partial charge in [0.25, 0.3) is 0 Å². The van der Waals surface area contributed by atoms with E-state index in [1.54, 1.807) is 36.7 Å². The third-order valence-electron chi connectivity index (χ3n) is 3.86. The number of aromatic nitrogens is 5. The molecule has 0 radical (unpaired) electrons. The van der Waals surface area contributed by atoms with Crippen LogP contribution in [0.4, 0.5) is 17.3 Å². The predicted octanol–water partition coefficient (Wildman–Crippen LogP) is 2.01. The van der Waals surface area contributed by atoms with Crippen molar-refractivity contribution in [2.45, 2.75) is 4.90 Å². The Balaban J connectivity index is 1.30. The zero-order chi connectivity index (χ0) is 20.1. The predicted molar refractivity (Wildman–Crippen MR) is 111 cm³/mol. The number of rotatable bonds is 8. The first-order chi connectivity index (χ1) is 14.1. The fraction of sp³-hybridized carbons (Fsp3) is 0.118. The molecule has 0 atom stereocenters. The van der Waals surface area contributed by atoms with Crippen LogP contribution in [-0.2, 0) is 10.0 Å². The van der Waals surface area contributed by atoms with Gasteiger partial charge in [-0.15, -0.1) is 10.2 Å². The van der Waals surface area contributed by atoms with Crippen molar-refractivity contribution in [3.8, 4) is 0 Å². The van der Waals surface area contributed by atoms with E-state index >= 15 is 0 Å². The highest BCUT2D eigenvalue weighted by Gasteiger charge is 2.18. The SMILES string of the molecule is O=S(=O)(NCCNc1ccc(Nc2cccnc2)nn1)c1cccc2nsnc12. The molecule has 0 saturated carbocycles. The molecule has 4 aromatic rings. The zero-order valence-electron chi connectivity index (χ0n) is 15.0. The number of fused-ring (bicyclic) bond motifs is 1. The Labute approximate surface area is 170 Å². The first-order valence-electron chi connectivity index (χ1n) is 8.57. The van der Waals surface area contributed by atoms with Gasteiger partial charge in [0.2, 0.25) is 10.0 Å². The van der Waals surface area contributed by atoms with E-state index in [9.17, 15) is 8.42 Å². The Morgan fingerprint density at radius 2 is 1.79 bits per heavy atom. The van der Waals surface area contributed by atoms with Crippen molar-refractivity contribution in [1.82, 2.24) is 28.7 Å². The molecule has 148 valence electrons. The monoisotopic (exact) mass is 428 g/mol. The van der Waals surface area contributed by atoms with Crippen LogP contribution in [0.15, 0.2) is 59.8 Å². The molecule has 1 aromatic carbocycles. The van der Waals surface area contributed by atoms with Gasteiger partial charge in [0.15, 0.2) is 5.82 Å². The molecule has 29 heavy (non-hydrogen) atoms. The third-order valence-corrected chi connectivity index (χ3v) is 5.90. The summed E-state index contributed by atoms with van der Waals surface area (Å²) in [6.45, 7) is 0.516. The lowest BCUT2D eigenvalue weighted by molar-refractivity contribution is 0.583. The molecule has 0 aliphatic carbocycles. The highest BCUT2D eigenvalue weighted by Crippen LogP contribution is 2.20. The van der Waals surface area contributed by atoms with Gasteiger partial charge in [-0.25, -0.2) is 13.1 Å². The van der Waals surface area contributed by atoms with Crippen molar-refractivity contribution >= 4 is 50.1 Å². The molecule has 0 aliphatic heterocycles. The number of nitrogens with zero attached hydrogens (tertiary/aromatic N) is 5. The van der Waals surface area contributed by atoms with Gasteiger partial charge in [-0.2, -0.15) is 8.75 Å². The number of anilines is 3. The summed E-state index contributed by atoms with van der Waals surface area (Å²) in [6, 6.07) is 12.1. The van der Waals surface area contributed by atoms with E-state index in [0.717, 1.165) is 17.4 Å². The smallest absolute Gasteiger partial charge is 0.242 e. The first kappa shape index (κ1) is 19.1. The minimum absolute atomic E-state index is 0.120. The molecule has 0 spiro atoms. The molecule has 0 amide bonds. The van der Waals surface area contributed by atoms with Gasteiger partial charge in [0.1, 0.15) is 21.7 Å². The standard InChI is InChI=1S/C17H16N8O2S2/c26-29(27,14-5-1-4-13-17(14)25-28-24-13)20-10-9-19-15-6-7-16(23-22-15)21-12-3-2-8-18-11-12/h1-8,11,20H,9-10H2,(H,19,22)(H,21,23). The molecule has 0 aliphatic rings. The number of sulfonamides is 1. The molecule has 0 unspecified atom stereocenters. The molecule has 0 fully saturated rings. The highest BCUT2D eigenvalue weighted by molar-refractivity contribution is 7.89. The summed E-state index contributed by atoms with van der Waals surface area (Å²) < 4.78 is 35.7. The number of benzene rings is 1. The second kappa shape index (κ2) is 8.43. The van der Waals surface area contributed by atoms with Crippen LogP contribution in [0.25, 0.3) is 11.0 Å². The van der Waals surface area contributed by atoms with Crippen LogP contribution in [-0.4, -0.2) is 45.4 Å². The van der Waals surface area contributed by atoms with Crippen molar-refractivity contribution in [2.24, 2.45) is 0 Å². The van der Waals surface area contributed by atoms with E-state index < -0.39 is 10.0 Å². The second-order valence-corrected chi connectivity index (χ2v) is 8.15. The van der Waals surface area contributed by atoms with Gasteiger partial charge in [-0.3, -0.25) is 4.98 Å². The van der Waals surface area contributed by atoms with Crippen molar-refractivity contribution < 1.29 is 8.42 Å². The fourth-order valence-electron chi connectivity index (χ4n) is 2.53. The normalized spacial score (nSPS) is 11.4. The Morgan fingerprint density at radius 3 is 2.59 bits per heavy atom. The number of hydrogen-bond donors (Lipinski definition) is 3. The number of nitrogens with one attached hydrogen (secondary N) is 3.